The summed E-state index contributed by atoms with van der Waals surface area (Å²) in [4.78, 5) is 23.6. The van der Waals surface area contributed by atoms with E-state index in [1.165, 1.54) is 6.21 Å². The van der Waals surface area contributed by atoms with Crippen LogP contribution in [0.1, 0.15) is 35.3 Å². The summed E-state index contributed by atoms with van der Waals surface area (Å²) in [6, 6.07) is 18.1. The van der Waals surface area contributed by atoms with Gasteiger partial charge >= 0.3 is 5.97 Å². The normalized spacial score (nSPS) is 10.7. The first kappa shape index (κ1) is 27.8. The predicted octanol–water partition coefficient (Wildman–Crippen LogP) is 4.89. The van der Waals surface area contributed by atoms with Crippen molar-refractivity contribution in [2.45, 2.75) is 20.5 Å². The fourth-order valence-electron chi connectivity index (χ4n) is 3.20. The third-order valence-electron chi connectivity index (χ3n) is 4.79. The molecule has 0 saturated heterocycles. The summed E-state index contributed by atoms with van der Waals surface area (Å²) in [6.07, 6.45) is 1.46. The highest BCUT2D eigenvalue weighted by molar-refractivity contribution is 14.1. The molecule has 10 heteroatoms. The number of aliphatic carboxylic acids is 1. The molecule has 0 bridgehead atoms. The fourth-order valence-corrected chi connectivity index (χ4v) is 3.98. The van der Waals surface area contributed by atoms with Crippen LogP contribution in [0.25, 0.3) is 0 Å². The first-order valence-electron chi connectivity index (χ1n) is 11.5. The number of ether oxygens (including phenoxy) is 4. The Morgan fingerprint density at radius 3 is 2.35 bits per heavy atom. The van der Waals surface area contributed by atoms with E-state index in [1.807, 2.05) is 66.8 Å². The molecule has 0 spiro atoms. The van der Waals surface area contributed by atoms with E-state index >= 15 is 0 Å². The summed E-state index contributed by atoms with van der Waals surface area (Å²) < 4.78 is 23.1. The Morgan fingerprint density at radius 2 is 1.65 bits per heavy atom. The molecule has 37 heavy (non-hydrogen) atoms. The maximum atomic E-state index is 12.7. The number of hydrogen-bond acceptors (Lipinski definition) is 7. The maximum Gasteiger partial charge on any atom is 0.341 e. The summed E-state index contributed by atoms with van der Waals surface area (Å²) in [5.41, 5.74) is 4.51. The molecular weight excluding hydrogens is 591 g/mol. The van der Waals surface area contributed by atoms with Crippen molar-refractivity contribution >= 4 is 40.7 Å². The zero-order chi connectivity index (χ0) is 26.6. The number of nitrogens with one attached hydrogen (secondary N) is 1. The van der Waals surface area contributed by atoms with Crippen molar-refractivity contribution in [1.29, 1.82) is 0 Å². The highest BCUT2D eigenvalue weighted by Crippen LogP contribution is 2.34. The van der Waals surface area contributed by atoms with E-state index in [0.29, 0.717) is 57.5 Å². The monoisotopic (exact) mass is 618 g/mol. The number of benzene rings is 3. The van der Waals surface area contributed by atoms with Gasteiger partial charge in [0.05, 0.1) is 23.0 Å². The summed E-state index contributed by atoms with van der Waals surface area (Å²) in [7, 11) is 0. The second-order valence-corrected chi connectivity index (χ2v) is 8.68. The minimum atomic E-state index is -1.09. The van der Waals surface area contributed by atoms with Crippen LogP contribution in [0.2, 0.25) is 0 Å². The van der Waals surface area contributed by atoms with Gasteiger partial charge in [-0.05, 0) is 77.9 Å². The number of carboxylic acids is 1. The molecule has 3 aromatic rings. The van der Waals surface area contributed by atoms with Crippen molar-refractivity contribution in [3.05, 3.63) is 80.9 Å². The van der Waals surface area contributed by atoms with Gasteiger partial charge in [-0.1, -0.05) is 30.3 Å². The Labute approximate surface area is 228 Å². The third-order valence-corrected chi connectivity index (χ3v) is 5.60. The zero-order valence-corrected chi connectivity index (χ0v) is 22.6. The first-order chi connectivity index (χ1) is 17.9. The third kappa shape index (κ3) is 8.38. The van der Waals surface area contributed by atoms with E-state index < -0.39 is 18.5 Å². The van der Waals surface area contributed by atoms with E-state index in [1.54, 1.807) is 30.3 Å². The van der Waals surface area contributed by atoms with Crippen molar-refractivity contribution in [3.8, 4) is 23.0 Å². The van der Waals surface area contributed by atoms with Gasteiger partial charge in [-0.3, -0.25) is 4.79 Å². The van der Waals surface area contributed by atoms with Gasteiger partial charge < -0.3 is 24.1 Å². The molecule has 0 atom stereocenters. The summed E-state index contributed by atoms with van der Waals surface area (Å²) in [6.45, 7) is 4.33. The predicted molar refractivity (Wildman–Crippen MR) is 147 cm³/mol. The van der Waals surface area contributed by atoms with Gasteiger partial charge in [0.25, 0.3) is 5.91 Å². The minimum absolute atomic E-state index is 0.337. The van der Waals surface area contributed by atoms with E-state index in [0.717, 1.165) is 5.56 Å². The van der Waals surface area contributed by atoms with Gasteiger partial charge in [-0.2, -0.15) is 5.10 Å². The number of carboxylic acid groups (broad SMARTS) is 1. The van der Waals surface area contributed by atoms with E-state index in [2.05, 4.69) is 10.5 Å². The van der Waals surface area contributed by atoms with E-state index in [4.69, 9.17) is 24.1 Å². The van der Waals surface area contributed by atoms with Crippen LogP contribution in [0.3, 0.4) is 0 Å². The Kier molecular flexibility index (Phi) is 10.6. The SMILES string of the molecule is CCOc1cc(C(=O)N/N=C/c2cc(I)c(OCC(=O)O)c(OCC)c2)ccc1OCc1ccccc1. The van der Waals surface area contributed by atoms with Gasteiger partial charge in [-0.15, -0.1) is 0 Å². The van der Waals surface area contributed by atoms with Crippen LogP contribution in [-0.4, -0.2) is 43.0 Å². The smallest absolute Gasteiger partial charge is 0.341 e. The first-order valence-corrected chi connectivity index (χ1v) is 12.6. The lowest BCUT2D eigenvalue weighted by Crippen LogP contribution is -2.18. The molecule has 3 rings (SSSR count). The highest BCUT2D eigenvalue weighted by Gasteiger charge is 2.14. The quantitative estimate of drug-likeness (QED) is 0.159. The number of carbonyl (C=O) groups is 2. The van der Waals surface area contributed by atoms with E-state index in [-0.39, 0.29) is 0 Å². The molecule has 0 heterocycles. The van der Waals surface area contributed by atoms with Gasteiger partial charge in [0, 0.05) is 5.56 Å². The summed E-state index contributed by atoms with van der Waals surface area (Å²) >= 11 is 2.02. The Bertz CT molecular complexity index is 1250. The standard InChI is InChI=1S/C27H27IN2O7/c1-3-34-23-14-20(10-11-22(23)36-16-18-8-6-5-7-9-18)27(33)30-29-15-19-12-21(28)26(37-17-25(31)32)24(13-19)35-4-2/h5-15H,3-4,16-17H2,1-2H3,(H,30,33)(H,31,32)/b29-15+. The second kappa shape index (κ2) is 14.1. The Morgan fingerprint density at radius 1 is 0.919 bits per heavy atom. The molecule has 1 amide bonds. The average molecular weight is 618 g/mol. The van der Waals surface area contributed by atoms with Crippen LogP contribution in [0.15, 0.2) is 65.8 Å². The molecule has 0 aliphatic carbocycles. The van der Waals surface area contributed by atoms with Crippen LogP contribution >= 0.6 is 22.6 Å². The molecule has 0 saturated carbocycles. The minimum Gasteiger partial charge on any atom is -0.490 e. The van der Waals surface area contributed by atoms with Crippen LogP contribution in [0.5, 0.6) is 23.0 Å². The fraction of sp³-hybridized carbons (Fsp3) is 0.222. The van der Waals surface area contributed by atoms with Gasteiger partial charge in [0.2, 0.25) is 0 Å². The molecule has 0 radical (unpaired) electrons. The molecule has 0 fully saturated rings. The molecule has 0 aromatic heterocycles. The van der Waals surface area contributed by atoms with Crippen LogP contribution in [0.4, 0.5) is 0 Å². The molecule has 3 aromatic carbocycles. The molecule has 0 aliphatic heterocycles. The molecule has 2 N–H and O–H groups in total. The number of nitrogens with zero attached hydrogens (tertiary/aromatic N) is 1. The Hall–Kier alpha value is -3.80. The summed E-state index contributed by atoms with van der Waals surface area (Å²) in [5.74, 6) is 0.208. The highest BCUT2D eigenvalue weighted by atomic mass is 127. The van der Waals surface area contributed by atoms with Crippen LogP contribution in [-0.2, 0) is 11.4 Å². The summed E-state index contributed by atoms with van der Waals surface area (Å²) in [5, 5.41) is 12.9. The van der Waals surface area contributed by atoms with Gasteiger partial charge in [-0.25, -0.2) is 10.2 Å². The molecule has 9 nitrogen and oxygen atoms in total. The topological polar surface area (TPSA) is 116 Å². The molecule has 194 valence electrons. The van der Waals surface area contributed by atoms with Crippen molar-refractivity contribution in [1.82, 2.24) is 5.43 Å². The number of rotatable bonds is 13. The van der Waals surface area contributed by atoms with Crippen molar-refractivity contribution in [2.24, 2.45) is 5.10 Å². The Balaban J connectivity index is 1.69. The van der Waals surface area contributed by atoms with Crippen molar-refractivity contribution in [2.75, 3.05) is 19.8 Å². The number of halogens is 1. The lowest BCUT2D eigenvalue weighted by atomic mass is 10.2. The maximum absolute atomic E-state index is 12.7. The largest absolute Gasteiger partial charge is 0.490 e. The van der Waals surface area contributed by atoms with E-state index in [9.17, 15) is 9.59 Å². The van der Waals surface area contributed by atoms with Crippen LogP contribution in [0, 0.1) is 3.57 Å². The molecule has 0 aliphatic rings. The van der Waals surface area contributed by atoms with Gasteiger partial charge in [0.15, 0.2) is 29.6 Å². The lowest BCUT2D eigenvalue weighted by molar-refractivity contribution is -0.139. The second-order valence-electron chi connectivity index (χ2n) is 7.51. The van der Waals surface area contributed by atoms with Crippen LogP contribution < -0.4 is 24.4 Å². The number of amides is 1. The number of hydrazone groups is 1. The molecular formula is C27H27IN2O7. The van der Waals surface area contributed by atoms with Crippen molar-refractivity contribution in [3.63, 3.8) is 0 Å². The molecule has 0 unspecified atom stereocenters. The zero-order valence-electron chi connectivity index (χ0n) is 20.4. The van der Waals surface area contributed by atoms with Crippen molar-refractivity contribution < 1.29 is 33.6 Å². The average Bonchev–Trinajstić information content (AvgIpc) is 2.88. The van der Waals surface area contributed by atoms with Gasteiger partial charge in [0.1, 0.15) is 6.61 Å². The lowest BCUT2D eigenvalue weighted by Gasteiger charge is -2.13. The number of hydrogen-bond donors (Lipinski definition) is 2. The number of carbonyl (C=O) groups excluding carboxylic acids is 1.